The molecule has 6 heterocycles. The van der Waals surface area contributed by atoms with Crippen LogP contribution in [-0.2, 0) is 135 Å². The molecule has 0 aliphatic carbocycles. The minimum atomic E-state index is -4.70. The Morgan fingerprint density at radius 2 is 0.667 bits per heavy atom. The number of methoxy groups -OCH3 is 3. The number of rotatable bonds is 58. The van der Waals surface area contributed by atoms with Crippen LogP contribution in [0.3, 0.4) is 0 Å². The lowest BCUT2D eigenvalue weighted by molar-refractivity contribution is -0.122. The molecule has 0 bridgehead atoms. The molecule has 8 rings (SSSR count). The number of nitrogens with zero attached hydrogens (tertiary/aromatic N) is 3. The van der Waals surface area contributed by atoms with Gasteiger partial charge in [-0.2, -0.15) is 0 Å². The number of benzene rings is 2. The Morgan fingerprint density at radius 3 is 0.977 bits per heavy atom. The van der Waals surface area contributed by atoms with Gasteiger partial charge in [-0.3, -0.25) is 98.1 Å². The second kappa shape index (κ2) is 61.2. The topological polar surface area (TPSA) is 693 Å². The predicted octanol–water partition coefficient (Wildman–Crippen LogP) is -3.53. The Morgan fingerprint density at radius 1 is 0.380 bits per heavy atom. The second-order valence-electron chi connectivity index (χ2n) is 26.3. The van der Waals surface area contributed by atoms with E-state index in [0.717, 1.165) is 50.5 Å². The molecule has 55 heteroatoms. The minimum Gasteiger partial charge on any atom is -0.459 e. The zero-order valence-electron chi connectivity index (χ0n) is 71.3. The summed E-state index contributed by atoms with van der Waals surface area (Å²) in [5.74, 6) is -2.85. The van der Waals surface area contributed by atoms with E-state index in [9.17, 15) is 86.9 Å². The van der Waals surface area contributed by atoms with Crippen LogP contribution >= 0.6 is 23.5 Å². The quantitative estimate of drug-likeness (QED) is 0.0102. The van der Waals surface area contributed by atoms with Gasteiger partial charge in [-0.25, -0.2) is 37.7 Å². The van der Waals surface area contributed by atoms with Gasteiger partial charge < -0.3 is 114 Å². The average molecular weight is 1910 g/mol. The van der Waals surface area contributed by atoms with Gasteiger partial charge in [0.05, 0.1) is 182 Å². The molecule has 3 aliphatic rings. The highest BCUT2D eigenvalue weighted by Crippen LogP contribution is 2.56. The first-order valence-electron chi connectivity index (χ1n) is 39.4. The Hall–Kier alpha value is -8.56. The molecular formula is C74H114N9O43P3. The van der Waals surface area contributed by atoms with E-state index in [1.54, 1.807) is 57.7 Å². The van der Waals surface area contributed by atoms with Gasteiger partial charge in [0.2, 0.25) is 17.7 Å². The SMILES string of the molecule is CNC(=O)CCOP(=O)(OCCOCCOCCOC)O[C@@H]1C(O)[C@H](n2ccc(=O)[nH]c2=O)O[C@@H]1CO.CNC(=O)CCOP(=O)(OCCOCCOCCOC)O[C@@H]1C(O)[C@H](n2ccc(=O)[nH]c2=O)O[C@@H]1CO.CNC(=O)CCOP(=O)(OCCOCCOCCOC)O[C@@H]1C(OC(=O)c2ccccc2)[C@H](n2ccc(=O)[nH]c2=O)O[C@@H]1COC(=O)c1ccccc1.O.O. The summed E-state index contributed by atoms with van der Waals surface area (Å²) >= 11 is 0. The fraction of sp³-hybridized carbons (Fsp3) is 0.608. The standard InChI is InChI=1S/C34H42N3O15P.2C20H34N3O13P.2H2O/c1-35-27(38)14-16-48-53(43,49-22-21-46-20-19-45-18-17-44-2)52-29-26(23-47-32(40)24-9-5-3-6-10-24)50-31(37-15-13-28(39)36-34(37)42)30(29)51-33(41)25-11-7-4-8-12-25;2*1-21-15(25)4-6-33-37(29,34-12-11-32-10-9-31-8-7-30-2)36-18-14(13-24)35-19(17(18)27)23-5-3-16(26)22-20(23)28;;/h3-13,15,26,29-31H,14,16-23H2,1-2H3,(H,35,38)(H,36,39,42);2*3,5,14,17-19,24,27H,4,6-13H2,1-2H3,(H,21,25)(H,22,26,28);2*1H2/t26-,29+,30?,31-,53?;2*14-,17?,18+,19-,37?;;/m111../s1. The largest absolute Gasteiger partial charge is 0.475 e. The maximum atomic E-state index is 14.3. The molecule has 129 heavy (non-hydrogen) atoms. The summed E-state index contributed by atoms with van der Waals surface area (Å²) in [7, 11) is -4.67. The van der Waals surface area contributed by atoms with E-state index >= 15 is 0 Å². The molecule has 14 N–H and O–H groups in total. The average Bonchev–Trinajstić information content (AvgIpc) is 1.66. The highest BCUT2D eigenvalue weighted by atomic mass is 31.2. The molecular weight excluding hydrogens is 1800 g/mol. The third kappa shape index (κ3) is 39.0. The van der Waals surface area contributed by atoms with Crippen molar-refractivity contribution in [2.75, 3.05) is 201 Å². The maximum absolute atomic E-state index is 14.3. The number of phosphoric ester groups is 3. The molecule has 2 aromatic carbocycles. The van der Waals surface area contributed by atoms with Crippen LogP contribution in [0.25, 0.3) is 0 Å². The van der Waals surface area contributed by atoms with E-state index in [1.165, 1.54) is 45.4 Å². The third-order valence-corrected chi connectivity index (χ3v) is 21.9. The lowest BCUT2D eigenvalue weighted by Gasteiger charge is -2.28. The number of nitrogens with one attached hydrogen (secondary N) is 6. The third-order valence-electron chi connectivity index (χ3n) is 17.4. The van der Waals surface area contributed by atoms with Gasteiger partial charge >= 0.3 is 52.5 Å². The first-order valence-corrected chi connectivity index (χ1v) is 43.8. The van der Waals surface area contributed by atoms with Gasteiger partial charge in [0.25, 0.3) is 16.7 Å². The number of phosphoric acid groups is 3. The van der Waals surface area contributed by atoms with Crippen molar-refractivity contribution in [3.05, 3.63) is 171 Å². The molecule has 5 aromatic rings. The number of amides is 3. The number of carbonyl (C=O) groups is 5. The van der Waals surface area contributed by atoms with Crippen LogP contribution < -0.4 is 49.7 Å². The number of hydrogen-bond acceptors (Lipinski definition) is 41. The summed E-state index contributed by atoms with van der Waals surface area (Å²) in [6.45, 7) is 0.00910. The van der Waals surface area contributed by atoms with Crippen LogP contribution in [-0.4, -0.2) is 346 Å². The zero-order chi connectivity index (χ0) is 92.6. The Balaban J connectivity index is 0.000000413. The van der Waals surface area contributed by atoms with E-state index in [1.807, 2.05) is 9.97 Å². The number of aliphatic hydroxyl groups excluding tert-OH is 4. The Bertz CT molecular complexity index is 4470. The van der Waals surface area contributed by atoms with Crippen LogP contribution in [0, 0.1) is 0 Å². The van der Waals surface area contributed by atoms with Crippen LogP contribution in [0.1, 0.15) is 58.7 Å². The summed E-state index contributed by atoms with van der Waals surface area (Å²) in [5, 5.41) is 48.2. The maximum Gasteiger partial charge on any atom is 0.475 e. The number of aromatic amines is 3. The van der Waals surface area contributed by atoms with Crippen LogP contribution in [0.2, 0.25) is 0 Å². The molecule has 728 valence electrons. The van der Waals surface area contributed by atoms with E-state index in [0.29, 0.717) is 52.9 Å². The zero-order valence-corrected chi connectivity index (χ0v) is 74.0. The number of aromatic nitrogens is 6. The lowest BCUT2D eigenvalue weighted by Crippen LogP contribution is -2.42. The van der Waals surface area contributed by atoms with Crippen molar-refractivity contribution in [1.29, 1.82) is 0 Å². The second-order valence-corrected chi connectivity index (χ2v) is 31.1. The summed E-state index contributed by atoms with van der Waals surface area (Å²) in [6.07, 6.45) is -14.8. The van der Waals surface area contributed by atoms with Crippen LogP contribution in [0.15, 0.2) is 126 Å². The van der Waals surface area contributed by atoms with Crippen LogP contribution in [0.4, 0.5) is 0 Å². The number of ether oxygens (including phenoxy) is 14. The van der Waals surface area contributed by atoms with Gasteiger partial charge in [-0.05, 0) is 24.3 Å². The number of carbonyl (C=O) groups excluding carboxylic acids is 5. The van der Waals surface area contributed by atoms with Gasteiger partial charge in [-0.1, -0.05) is 36.4 Å². The Kier molecular flexibility index (Phi) is 53.5. The number of aliphatic hydroxyl groups is 4. The van der Waals surface area contributed by atoms with Gasteiger partial charge in [-0.15, -0.1) is 0 Å². The molecule has 52 nitrogen and oxygen atoms in total. The molecule has 3 fully saturated rings. The predicted molar refractivity (Wildman–Crippen MR) is 441 cm³/mol. The van der Waals surface area contributed by atoms with Gasteiger partial charge in [0.15, 0.2) is 24.8 Å². The molecule has 3 aliphatic heterocycles. The number of hydrogen-bond donors (Lipinski definition) is 10. The summed E-state index contributed by atoms with van der Waals surface area (Å²) in [6, 6.07) is 19.0. The first-order chi connectivity index (χ1) is 61.1. The highest BCUT2D eigenvalue weighted by molar-refractivity contribution is 7.49. The fourth-order valence-electron chi connectivity index (χ4n) is 11.1. The normalized spacial score (nSPS) is 21.2. The van der Waals surface area contributed by atoms with Crippen LogP contribution in [0.5, 0.6) is 0 Å². The summed E-state index contributed by atoms with van der Waals surface area (Å²) in [5.41, 5.74) is -4.40. The summed E-state index contributed by atoms with van der Waals surface area (Å²) in [4.78, 5) is 139. The van der Waals surface area contributed by atoms with Gasteiger partial charge in [0, 0.05) is 79.3 Å². The van der Waals surface area contributed by atoms with Crippen molar-refractivity contribution < 1.29 is 176 Å². The lowest BCUT2D eigenvalue weighted by atomic mass is 10.1. The van der Waals surface area contributed by atoms with E-state index < -0.39 is 187 Å². The number of esters is 2. The van der Waals surface area contributed by atoms with E-state index in [4.69, 9.17) is 107 Å². The van der Waals surface area contributed by atoms with Crippen molar-refractivity contribution in [3.63, 3.8) is 0 Å². The molecule has 6 unspecified atom stereocenters. The molecule has 3 aromatic heterocycles. The van der Waals surface area contributed by atoms with Crippen molar-refractivity contribution in [1.82, 2.24) is 44.6 Å². The smallest absolute Gasteiger partial charge is 0.459 e. The van der Waals surface area contributed by atoms with Crippen molar-refractivity contribution >= 4 is 53.1 Å². The molecule has 15 atom stereocenters. The molecule has 0 spiro atoms. The minimum absolute atomic E-state index is 0. The molecule has 3 saturated heterocycles. The first kappa shape index (κ1) is 113. The highest BCUT2D eigenvalue weighted by Gasteiger charge is 2.55. The van der Waals surface area contributed by atoms with Gasteiger partial charge in [0.1, 0.15) is 55.4 Å². The monoisotopic (exact) mass is 1910 g/mol. The van der Waals surface area contributed by atoms with E-state index in [2.05, 4.69) is 20.9 Å². The van der Waals surface area contributed by atoms with E-state index in [-0.39, 0.29) is 121 Å². The summed E-state index contributed by atoms with van der Waals surface area (Å²) < 4.78 is 168. The molecule has 0 radical (unpaired) electrons. The fourth-order valence-corrected chi connectivity index (χ4v) is 15.2. The van der Waals surface area contributed by atoms with Crippen molar-refractivity contribution in [2.45, 2.75) is 92.9 Å². The molecule has 0 saturated carbocycles. The van der Waals surface area contributed by atoms with Crippen molar-refractivity contribution in [2.24, 2.45) is 0 Å². The number of H-pyrrole nitrogens is 3. The van der Waals surface area contributed by atoms with Crippen molar-refractivity contribution in [3.8, 4) is 0 Å². The Labute approximate surface area is 736 Å². The molecule has 3 amide bonds.